The Morgan fingerprint density at radius 2 is 1.54 bits per heavy atom. The second-order valence-corrected chi connectivity index (χ2v) is 9.56. The van der Waals surface area contributed by atoms with Gasteiger partial charge in [-0.15, -0.1) is 0 Å². The number of anilines is 2. The lowest BCUT2D eigenvalue weighted by Gasteiger charge is -2.11. The van der Waals surface area contributed by atoms with Crippen LogP contribution < -0.4 is 16.0 Å². The van der Waals surface area contributed by atoms with Crippen LogP contribution in [0.2, 0.25) is 0 Å². The maximum Gasteiger partial charge on any atom is 0.255 e. The lowest BCUT2D eigenvalue weighted by atomic mass is 10.1. The van der Waals surface area contributed by atoms with Crippen molar-refractivity contribution in [2.75, 3.05) is 17.2 Å². The van der Waals surface area contributed by atoms with Gasteiger partial charge in [0.1, 0.15) is 0 Å². The molecule has 194 valence electrons. The van der Waals surface area contributed by atoms with Gasteiger partial charge < -0.3 is 16.0 Å². The van der Waals surface area contributed by atoms with Crippen LogP contribution in [0.3, 0.4) is 0 Å². The Labute approximate surface area is 226 Å². The number of imidazole rings is 1. The number of aromatic nitrogens is 3. The fourth-order valence-corrected chi connectivity index (χ4v) is 4.43. The summed E-state index contributed by atoms with van der Waals surface area (Å²) in [4.78, 5) is 34.6. The Hall–Kier alpha value is -4.98. The standard InChI is InChI=1S/C31H28N6O2/c1-2-32-28-29-33-18-27(21-10-14-23(15-11-21)31(39)35-25-16-17-25)37(29)19-26(36-28)20-8-12-22(13-9-20)30(38)34-24-6-4-3-5-7-24/h3-15,18-19,25H,2,16-17H2,1H3,(H,32,36)(H,34,38)(H,35,39). The van der Waals surface area contributed by atoms with E-state index in [0.29, 0.717) is 35.2 Å². The molecule has 8 heteroatoms. The smallest absolute Gasteiger partial charge is 0.255 e. The zero-order valence-corrected chi connectivity index (χ0v) is 21.5. The van der Waals surface area contributed by atoms with E-state index in [2.05, 4.69) is 20.9 Å². The van der Waals surface area contributed by atoms with E-state index in [1.165, 1.54) is 0 Å². The second-order valence-electron chi connectivity index (χ2n) is 9.56. The van der Waals surface area contributed by atoms with Gasteiger partial charge in [0.2, 0.25) is 0 Å². The largest absolute Gasteiger partial charge is 0.367 e. The monoisotopic (exact) mass is 516 g/mol. The number of carbonyl (C=O) groups is 2. The van der Waals surface area contributed by atoms with E-state index in [1.54, 1.807) is 12.1 Å². The summed E-state index contributed by atoms with van der Waals surface area (Å²) in [6.45, 7) is 2.71. The first-order valence-electron chi connectivity index (χ1n) is 13.1. The third kappa shape index (κ3) is 5.22. The van der Waals surface area contributed by atoms with Gasteiger partial charge in [-0.25, -0.2) is 9.97 Å². The molecule has 1 aliphatic rings. The Bertz CT molecular complexity index is 1640. The topological polar surface area (TPSA) is 100 Å². The number of carbonyl (C=O) groups excluding carboxylic acids is 2. The van der Waals surface area contributed by atoms with E-state index in [4.69, 9.17) is 4.98 Å². The predicted molar refractivity (Wildman–Crippen MR) is 153 cm³/mol. The van der Waals surface area contributed by atoms with Crippen LogP contribution in [0.15, 0.2) is 91.3 Å². The molecule has 1 saturated carbocycles. The minimum absolute atomic E-state index is 0.0380. The molecule has 0 aliphatic heterocycles. The molecule has 0 saturated heterocycles. The van der Waals surface area contributed by atoms with Gasteiger partial charge in [0.05, 0.1) is 17.6 Å². The minimum atomic E-state index is -0.171. The average Bonchev–Trinajstić information content (AvgIpc) is 3.68. The summed E-state index contributed by atoms with van der Waals surface area (Å²) in [5.74, 6) is 0.465. The van der Waals surface area contributed by atoms with Crippen molar-refractivity contribution >= 4 is 29.0 Å². The number of benzene rings is 3. The summed E-state index contributed by atoms with van der Waals surface area (Å²) in [6, 6.07) is 24.7. The van der Waals surface area contributed by atoms with Crippen molar-refractivity contribution in [3.8, 4) is 22.5 Å². The summed E-state index contributed by atoms with van der Waals surface area (Å²) < 4.78 is 2.01. The molecule has 0 radical (unpaired) electrons. The molecule has 1 aliphatic carbocycles. The van der Waals surface area contributed by atoms with Crippen LogP contribution in [0.5, 0.6) is 0 Å². The summed E-state index contributed by atoms with van der Waals surface area (Å²) in [5.41, 5.74) is 6.12. The van der Waals surface area contributed by atoms with Gasteiger partial charge in [-0.1, -0.05) is 42.5 Å². The predicted octanol–water partition coefficient (Wildman–Crippen LogP) is 5.64. The summed E-state index contributed by atoms with van der Waals surface area (Å²) in [6.07, 6.45) is 5.88. The summed E-state index contributed by atoms with van der Waals surface area (Å²) in [5, 5.41) is 9.26. The molecule has 2 aromatic heterocycles. The molecule has 6 rings (SSSR count). The first kappa shape index (κ1) is 24.4. The molecule has 1 fully saturated rings. The molecule has 0 unspecified atom stereocenters. The molecule has 2 amide bonds. The van der Waals surface area contributed by atoms with Gasteiger partial charge >= 0.3 is 0 Å². The summed E-state index contributed by atoms with van der Waals surface area (Å²) in [7, 11) is 0. The lowest BCUT2D eigenvalue weighted by molar-refractivity contribution is 0.0950. The van der Waals surface area contributed by atoms with E-state index in [9.17, 15) is 9.59 Å². The number of nitrogens with one attached hydrogen (secondary N) is 3. The molecule has 3 aromatic carbocycles. The average molecular weight is 517 g/mol. The minimum Gasteiger partial charge on any atom is -0.367 e. The van der Waals surface area contributed by atoms with Crippen LogP contribution in [0.25, 0.3) is 28.2 Å². The van der Waals surface area contributed by atoms with Gasteiger partial charge in [-0.2, -0.15) is 0 Å². The van der Waals surface area contributed by atoms with E-state index in [0.717, 1.165) is 41.0 Å². The fraction of sp³-hybridized carbons (Fsp3) is 0.161. The van der Waals surface area contributed by atoms with Gasteiger partial charge in [0, 0.05) is 46.7 Å². The highest BCUT2D eigenvalue weighted by Gasteiger charge is 2.23. The van der Waals surface area contributed by atoms with Crippen molar-refractivity contribution in [3.63, 3.8) is 0 Å². The van der Waals surface area contributed by atoms with Gasteiger partial charge in [-0.3, -0.25) is 14.0 Å². The normalized spacial score (nSPS) is 12.7. The van der Waals surface area contributed by atoms with Crippen LogP contribution >= 0.6 is 0 Å². The molecule has 5 aromatic rings. The molecule has 0 spiro atoms. The van der Waals surface area contributed by atoms with Crippen LogP contribution in [0.1, 0.15) is 40.5 Å². The highest BCUT2D eigenvalue weighted by Crippen LogP contribution is 2.28. The summed E-state index contributed by atoms with van der Waals surface area (Å²) >= 11 is 0. The van der Waals surface area contributed by atoms with E-state index >= 15 is 0 Å². The third-order valence-electron chi connectivity index (χ3n) is 6.67. The van der Waals surface area contributed by atoms with Crippen LogP contribution in [-0.4, -0.2) is 38.8 Å². The number of hydrogen-bond donors (Lipinski definition) is 3. The molecule has 0 bridgehead atoms. The van der Waals surface area contributed by atoms with E-state index in [-0.39, 0.29) is 11.8 Å². The highest BCUT2D eigenvalue weighted by molar-refractivity contribution is 6.04. The number of rotatable bonds is 8. The van der Waals surface area contributed by atoms with Crippen molar-refractivity contribution in [3.05, 3.63) is 102 Å². The third-order valence-corrected chi connectivity index (χ3v) is 6.67. The first-order chi connectivity index (χ1) is 19.1. The Kier molecular flexibility index (Phi) is 6.50. The lowest BCUT2D eigenvalue weighted by Crippen LogP contribution is -2.25. The SMILES string of the molecule is CCNc1nc(-c2ccc(C(=O)Nc3ccccc3)cc2)cn2c(-c3ccc(C(=O)NC4CC4)cc3)cnc12. The van der Waals surface area contributed by atoms with Gasteiger partial charge in [0.25, 0.3) is 11.8 Å². The second kappa shape index (κ2) is 10.4. The molecule has 2 heterocycles. The number of hydrogen-bond acceptors (Lipinski definition) is 5. The maximum atomic E-state index is 12.7. The molecule has 39 heavy (non-hydrogen) atoms. The number of fused-ring (bicyclic) bond motifs is 1. The van der Waals surface area contributed by atoms with Crippen LogP contribution in [-0.2, 0) is 0 Å². The van der Waals surface area contributed by atoms with Crippen molar-refractivity contribution in [2.45, 2.75) is 25.8 Å². The molecular weight excluding hydrogens is 488 g/mol. The fourth-order valence-electron chi connectivity index (χ4n) is 4.43. The van der Waals surface area contributed by atoms with Crippen molar-refractivity contribution in [1.82, 2.24) is 19.7 Å². The highest BCUT2D eigenvalue weighted by atomic mass is 16.2. The van der Waals surface area contributed by atoms with Crippen LogP contribution in [0, 0.1) is 0 Å². The van der Waals surface area contributed by atoms with E-state index in [1.807, 2.05) is 90.4 Å². The number of amides is 2. The van der Waals surface area contributed by atoms with Crippen molar-refractivity contribution in [2.24, 2.45) is 0 Å². The van der Waals surface area contributed by atoms with Gasteiger partial charge in [0.15, 0.2) is 11.5 Å². The van der Waals surface area contributed by atoms with Crippen molar-refractivity contribution < 1.29 is 9.59 Å². The zero-order valence-electron chi connectivity index (χ0n) is 21.5. The maximum absolute atomic E-state index is 12.7. The Morgan fingerprint density at radius 3 is 2.21 bits per heavy atom. The van der Waals surface area contributed by atoms with Gasteiger partial charge in [-0.05, 0) is 56.2 Å². The molecule has 0 atom stereocenters. The zero-order chi connectivity index (χ0) is 26.8. The first-order valence-corrected chi connectivity index (χ1v) is 13.1. The molecule has 8 nitrogen and oxygen atoms in total. The van der Waals surface area contributed by atoms with E-state index < -0.39 is 0 Å². The number of para-hydroxylation sites is 1. The quantitative estimate of drug-likeness (QED) is 0.248. The molecular formula is C31H28N6O2. The van der Waals surface area contributed by atoms with Crippen molar-refractivity contribution in [1.29, 1.82) is 0 Å². The van der Waals surface area contributed by atoms with Crippen LogP contribution in [0.4, 0.5) is 11.5 Å². The Balaban J connectivity index is 1.30. The Morgan fingerprint density at radius 1 is 0.872 bits per heavy atom. The molecule has 3 N–H and O–H groups in total. The number of nitrogens with zero attached hydrogens (tertiary/aromatic N) is 3.